The van der Waals surface area contributed by atoms with Crippen LogP contribution in [0.4, 0.5) is 4.39 Å². The average molecular weight is 397 g/mol. The highest BCUT2D eigenvalue weighted by molar-refractivity contribution is 6.22. The van der Waals surface area contributed by atoms with E-state index in [0.29, 0.717) is 13.0 Å². The molecule has 29 heavy (non-hydrogen) atoms. The van der Waals surface area contributed by atoms with Crippen molar-refractivity contribution in [1.29, 1.82) is 0 Å². The number of carbonyl (C=O) groups is 4. The molecule has 1 atom stereocenters. The first-order valence-electron chi connectivity index (χ1n) is 9.34. The van der Waals surface area contributed by atoms with Crippen molar-refractivity contribution in [2.24, 2.45) is 0 Å². The molecule has 0 saturated heterocycles. The van der Waals surface area contributed by atoms with Gasteiger partial charge in [0.1, 0.15) is 5.82 Å². The highest BCUT2D eigenvalue weighted by atomic mass is 19.1. The number of ether oxygens (including phenoxy) is 1. The zero-order valence-corrected chi connectivity index (χ0v) is 16.1. The standard InChI is InChI=1S/C22H20FNO5/c1-3-4-11-24-20(26)17-10-7-15(12-18(17)21(24)27)22(28)29-13(2)19(25)14-5-8-16(23)9-6-14/h5-10,12-13H,3-4,11H2,1-2H3/t13-/m1/s1. The van der Waals surface area contributed by atoms with Gasteiger partial charge in [0.2, 0.25) is 5.78 Å². The SMILES string of the molecule is CCCCN1C(=O)c2ccc(C(=O)O[C@H](C)C(=O)c3ccc(F)cc3)cc2C1=O. The summed E-state index contributed by atoms with van der Waals surface area (Å²) in [4.78, 5) is 50.8. The number of halogens is 1. The van der Waals surface area contributed by atoms with Crippen LogP contribution in [0.5, 0.6) is 0 Å². The molecule has 6 nitrogen and oxygen atoms in total. The Morgan fingerprint density at radius 3 is 2.28 bits per heavy atom. The quantitative estimate of drug-likeness (QED) is 0.405. The summed E-state index contributed by atoms with van der Waals surface area (Å²) >= 11 is 0. The molecule has 1 aliphatic heterocycles. The predicted molar refractivity (Wildman–Crippen MR) is 102 cm³/mol. The summed E-state index contributed by atoms with van der Waals surface area (Å²) in [5.74, 6) is -2.56. The van der Waals surface area contributed by atoms with Crippen LogP contribution < -0.4 is 0 Å². The molecule has 150 valence electrons. The van der Waals surface area contributed by atoms with E-state index in [1.165, 1.54) is 42.2 Å². The van der Waals surface area contributed by atoms with Crippen molar-refractivity contribution in [3.8, 4) is 0 Å². The number of nitrogens with zero attached hydrogens (tertiary/aromatic N) is 1. The van der Waals surface area contributed by atoms with Gasteiger partial charge in [-0.15, -0.1) is 0 Å². The van der Waals surface area contributed by atoms with Crippen molar-refractivity contribution in [1.82, 2.24) is 4.90 Å². The number of benzene rings is 2. The Morgan fingerprint density at radius 2 is 1.62 bits per heavy atom. The van der Waals surface area contributed by atoms with E-state index in [9.17, 15) is 23.6 Å². The van der Waals surface area contributed by atoms with Crippen molar-refractivity contribution >= 4 is 23.6 Å². The number of fused-ring (bicyclic) bond motifs is 1. The Balaban J connectivity index is 1.74. The monoisotopic (exact) mass is 397 g/mol. The number of hydrogen-bond donors (Lipinski definition) is 0. The third-order valence-corrected chi connectivity index (χ3v) is 4.72. The number of carbonyl (C=O) groups excluding carboxylic acids is 4. The van der Waals surface area contributed by atoms with E-state index < -0.39 is 29.6 Å². The van der Waals surface area contributed by atoms with E-state index in [1.54, 1.807) is 0 Å². The number of ketones is 1. The maximum atomic E-state index is 13.0. The van der Waals surface area contributed by atoms with Crippen LogP contribution in [0.2, 0.25) is 0 Å². The Bertz CT molecular complexity index is 983. The van der Waals surface area contributed by atoms with E-state index in [-0.39, 0.29) is 28.2 Å². The summed E-state index contributed by atoms with van der Waals surface area (Å²) in [7, 11) is 0. The number of hydrogen-bond acceptors (Lipinski definition) is 5. The lowest BCUT2D eigenvalue weighted by molar-refractivity contribution is 0.0318. The molecule has 0 saturated carbocycles. The second-order valence-electron chi connectivity index (χ2n) is 6.79. The predicted octanol–water partition coefficient (Wildman–Crippen LogP) is 3.65. The number of unbranched alkanes of at least 4 members (excludes halogenated alkanes) is 1. The van der Waals surface area contributed by atoms with Gasteiger partial charge in [-0.05, 0) is 55.8 Å². The van der Waals surface area contributed by atoms with Crippen molar-refractivity contribution < 1.29 is 28.3 Å². The first-order chi connectivity index (χ1) is 13.8. The molecule has 0 N–H and O–H groups in total. The smallest absolute Gasteiger partial charge is 0.338 e. The molecule has 0 spiro atoms. The number of Topliss-reactive ketones (excluding diaryl/α,β-unsaturated/α-hetero) is 1. The van der Waals surface area contributed by atoms with Gasteiger partial charge in [0.25, 0.3) is 11.8 Å². The van der Waals surface area contributed by atoms with Crippen LogP contribution in [0.25, 0.3) is 0 Å². The Morgan fingerprint density at radius 1 is 1.00 bits per heavy atom. The molecule has 0 aliphatic carbocycles. The number of rotatable bonds is 7. The summed E-state index contributed by atoms with van der Waals surface area (Å²) in [5, 5.41) is 0. The largest absolute Gasteiger partial charge is 0.451 e. The van der Waals surface area contributed by atoms with Crippen LogP contribution in [0.1, 0.15) is 68.1 Å². The van der Waals surface area contributed by atoms with Gasteiger partial charge < -0.3 is 4.74 Å². The van der Waals surface area contributed by atoms with Gasteiger partial charge in [0.05, 0.1) is 16.7 Å². The van der Waals surface area contributed by atoms with Crippen molar-refractivity contribution in [3.63, 3.8) is 0 Å². The summed E-state index contributed by atoms with van der Waals surface area (Å²) in [6.45, 7) is 3.70. The van der Waals surface area contributed by atoms with Gasteiger partial charge in [0.15, 0.2) is 6.10 Å². The van der Waals surface area contributed by atoms with E-state index in [2.05, 4.69) is 0 Å². The lowest BCUT2D eigenvalue weighted by Gasteiger charge is -2.13. The minimum absolute atomic E-state index is 0.0704. The fourth-order valence-electron chi connectivity index (χ4n) is 3.07. The number of amides is 2. The fraction of sp³-hybridized carbons (Fsp3) is 0.273. The molecule has 3 rings (SSSR count). The first kappa shape index (κ1) is 20.4. The fourth-order valence-corrected chi connectivity index (χ4v) is 3.07. The summed E-state index contributed by atoms with van der Waals surface area (Å²) in [6, 6.07) is 9.05. The van der Waals surface area contributed by atoms with E-state index in [0.717, 1.165) is 18.6 Å². The van der Waals surface area contributed by atoms with Gasteiger partial charge in [0, 0.05) is 12.1 Å². The van der Waals surface area contributed by atoms with Crippen LogP contribution in [-0.2, 0) is 4.74 Å². The first-order valence-corrected chi connectivity index (χ1v) is 9.34. The molecular weight excluding hydrogens is 377 g/mol. The van der Waals surface area contributed by atoms with Crippen LogP contribution in [-0.4, -0.2) is 41.1 Å². The highest BCUT2D eigenvalue weighted by Gasteiger charge is 2.35. The highest BCUT2D eigenvalue weighted by Crippen LogP contribution is 2.25. The van der Waals surface area contributed by atoms with Crippen molar-refractivity contribution in [2.75, 3.05) is 6.54 Å². The molecular formula is C22H20FNO5. The molecule has 0 bridgehead atoms. The van der Waals surface area contributed by atoms with Gasteiger partial charge in [-0.25, -0.2) is 9.18 Å². The summed E-state index contributed by atoms with van der Waals surface area (Å²) in [6.07, 6.45) is 0.438. The molecule has 2 aromatic rings. The molecule has 7 heteroatoms. The molecule has 2 aromatic carbocycles. The molecule has 0 radical (unpaired) electrons. The Hall–Kier alpha value is -3.35. The number of esters is 1. The third kappa shape index (κ3) is 4.08. The molecule has 0 aromatic heterocycles. The van der Waals surface area contributed by atoms with Gasteiger partial charge >= 0.3 is 5.97 Å². The average Bonchev–Trinajstić information content (AvgIpc) is 2.96. The maximum absolute atomic E-state index is 13.0. The van der Waals surface area contributed by atoms with Gasteiger partial charge in [-0.3, -0.25) is 19.3 Å². The third-order valence-electron chi connectivity index (χ3n) is 4.72. The Kier molecular flexibility index (Phi) is 5.87. The molecule has 1 heterocycles. The van der Waals surface area contributed by atoms with Gasteiger partial charge in [-0.1, -0.05) is 13.3 Å². The molecule has 1 aliphatic rings. The molecule has 0 unspecified atom stereocenters. The van der Waals surface area contributed by atoms with Crippen LogP contribution in [0.3, 0.4) is 0 Å². The maximum Gasteiger partial charge on any atom is 0.338 e. The zero-order chi connectivity index (χ0) is 21.1. The molecule has 2 amide bonds. The van der Waals surface area contributed by atoms with Crippen molar-refractivity contribution in [3.05, 3.63) is 70.5 Å². The lowest BCUT2D eigenvalue weighted by atomic mass is 10.1. The van der Waals surface area contributed by atoms with E-state index >= 15 is 0 Å². The van der Waals surface area contributed by atoms with E-state index in [4.69, 9.17) is 4.74 Å². The lowest BCUT2D eigenvalue weighted by Crippen LogP contribution is -2.30. The second kappa shape index (κ2) is 8.34. The minimum atomic E-state index is -1.10. The normalized spacial score (nSPS) is 14.0. The minimum Gasteiger partial charge on any atom is -0.451 e. The number of imide groups is 1. The zero-order valence-electron chi connectivity index (χ0n) is 16.1. The van der Waals surface area contributed by atoms with E-state index in [1.807, 2.05) is 6.92 Å². The van der Waals surface area contributed by atoms with Crippen LogP contribution >= 0.6 is 0 Å². The molecule has 0 fully saturated rings. The van der Waals surface area contributed by atoms with Crippen LogP contribution in [0.15, 0.2) is 42.5 Å². The topological polar surface area (TPSA) is 80.8 Å². The summed E-state index contributed by atoms with van der Waals surface area (Å²) < 4.78 is 18.2. The van der Waals surface area contributed by atoms with Crippen molar-refractivity contribution in [2.45, 2.75) is 32.8 Å². The second-order valence-corrected chi connectivity index (χ2v) is 6.79. The summed E-state index contributed by atoms with van der Waals surface area (Å²) in [5.41, 5.74) is 0.685. The van der Waals surface area contributed by atoms with Gasteiger partial charge in [-0.2, -0.15) is 0 Å². The Labute approximate surface area is 167 Å². The van der Waals surface area contributed by atoms with Crippen LogP contribution in [0, 0.1) is 5.82 Å².